The van der Waals surface area contributed by atoms with Gasteiger partial charge < -0.3 is 9.64 Å². The minimum absolute atomic E-state index is 0.0131. The van der Waals surface area contributed by atoms with Crippen molar-refractivity contribution < 1.29 is 19.4 Å². The molecule has 0 radical (unpaired) electrons. The van der Waals surface area contributed by atoms with E-state index >= 15 is 0 Å². The fraction of sp³-hybridized carbons (Fsp3) is 0.364. The van der Waals surface area contributed by atoms with E-state index in [1.807, 2.05) is 0 Å². The number of hydrogen-bond acceptors (Lipinski definition) is 6. The second-order valence-corrected chi connectivity index (χ2v) is 4.64. The first-order valence-electron chi connectivity index (χ1n) is 5.83. The van der Waals surface area contributed by atoms with Crippen molar-refractivity contribution in [3.05, 3.63) is 44.0 Å². The van der Waals surface area contributed by atoms with E-state index in [-0.39, 0.29) is 17.6 Å². The molecule has 2 fully saturated rings. The molecular formula is C11H9N3O6. The van der Waals surface area contributed by atoms with Crippen LogP contribution in [0.4, 0.5) is 11.4 Å². The molecule has 2 aliphatic heterocycles. The van der Waals surface area contributed by atoms with Crippen LogP contribution in [0.2, 0.25) is 0 Å². The van der Waals surface area contributed by atoms with Crippen molar-refractivity contribution in [2.24, 2.45) is 0 Å². The lowest BCUT2D eigenvalue weighted by atomic mass is 10.1. The molecule has 1 aromatic carbocycles. The molecule has 0 aliphatic carbocycles. The molecule has 0 spiro atoms. The number of non-ortho nitro benzene ring substituents is 2. The molecule has 104 valence electrons. The minimum Gasteiger partial charge on any atom is -0.377 e. The maximum Gasteiger partial charge on any atom is 0.277 e. The number of benzene rings is 1. The molecule has 20 heavy (non-hydrogen) atoms. The van der Waals surface area contributed by atoms with Gasteiger partial charge in [-0.05, 0) is 0 Å². The van der Waals surface area contributed by atoms with Gasteiger partial charge in [0.15, 0.2) is 0 Å². The lowest BCUT2D eigenvalue weighted by Gasteiger charge is -2.08. The SMILES string of the molecule is O=C(c1cc([N+](=O)[O-])cc([N+](=O)[O-])c1)N1[C@@H]2COC[C@@H]21. The quantitative estimate of drug-likeness (QED) is 0.457. The van der Waals surface area contributed by atoms with Gasteiger partial charge in [0.25, 0.3) is 17.3 Å². The fourth-order valence-corrected chi connectivity index (χ4v) is 2.41. The Bertz CT molecular complexity index is 588. The van der Waals surface area contributed by atoms with Crippen molar-refractivity contribution in [2.75, 3.05) is 13.2 Å². The molecule has 2 heterocycles. The summed E-state index contributed by atoms with van der Waals surface area (Å²) >= 11 is 0. The molecule has 2 saturated heterocycles. The standard InChI is InChI=1S/C11H9N3O6/c15-11(12-9-4-20-5-10(9)12)6-1-7(13(16)17)3-8(2-6)14(18)19/h1-3,9-10H,4-5H2/t9-,10+,12?. The summed E-state index contributed by atoms with van der Waals surface area (Å²) in [6, 6.07) is 2.93. The van der Waals surface area contributed by atoms with E-state index < -0.39 is 27.1 Å². The summed E-state index contributed by atoms with van der Waals surface area (Å²) in [5, 5.41) is 21.5. The van der Waals surface area contributed by atoms with Gasteiger partial charge in [-0.25, -0.2) is 0 Å². The van der Waals surface area contributed by atoms with Crippen LogP contribution in [0.25, 0.3) is 0 Å². The largest absolute Gasteiger partial charge is 0.377 e. The van der Waals surface area contributed by atoms with Gasteiger partial charge in [0.2, 0.25) is 0 Å². The Labute approximate surface area is 112 Å². The molecule has 0 saturated carbocycles. The second kappa shape index (κ2) is 4.23. The number of nitro benzene ring substituents is 2. The van der Waals surface area contributed by atoms with Gasteiger partial charge in [-0.3, -0.25) is 25.0 Å². The smallest absolute Gasteiger partial charge is 0.277 e. The zero-order valence-electron chi connectivity index (χ0n) is 10.1. The van der Waals surface area contributed by atoms with Crippen LogP contribution in [0.5, 0.6) is 0 Å². The minimum atomic E-state index is -0.754. The van der Waals surface area contributed by atoms with Gasteiger partial charge in [0, 0.05) is 12.1 Å². The van der Waals surface area contributed by atoms with Crippen LogP contribution in [0.3, 0.4) is 0 Å². The lowest BCUT2D eigenvalue weighted by molar-refractivity contribution is -0.394. The summed E-state index contributed by atoms with van der Waals surface area (Å²) in [5.74, 6) is -0.435. The number of ether oxygens (including phenoxy) is 1. The summed E-state index contributed by atoms with van der Waals surface area (Å²) in [6.07, 6.45) is 0. The summed E-state index contributed by atoms with van der Waals surface area (Å²) in [4.78, 5) is 33.8. The van der Waals surface area contributed by atoms with Crippen molar-refractivity contribution in [2.45, 2.75) is 12.1 Å². The Hall–Kier alpha value is -2.55. The molecular weight excluding hydrogens is 270 g/mol. The molecule has 9 nitrogen and oxygen atoms in total. The third-order valence-electron chi connectivity index (χ3n) is 3.45. The van der Waals surface area contributed by atoms with Gasteiger partial charge >= 0.3 is 0 Å². The van der Waals surface area contributed by atoms with E-state index in [0.29, 0.717) is 13.2 Å². The van der Waals surface area contributed by atoms with E-state index in [1.165, 1.54) is 4.90 Å². The van der Waals surface area contributed by atoms with Gasteiger partial charge in [0.1, 0.15) is 0 Å². The number of carbonyl (C=O) groups is 1. The average Bonchev–Trinajstić information content (AvgIpc) is 2.89. The van der Waals surface area contributed by atoms with Crippen LogP contribution in [0.15, 0.2) is 18.2 Å². The van der Waals surface area contributed by atoms with Crippen LogP contribution in [0, 0.1) is 20.2 Å². The summed E-state index contributed by atoms with van der Waals surface area (Å²) in [5.41, 5.74) is -0.975. The van der Waals surface area contributed by atoms with Crippen LogP contribution in [-0.4, -0.2) is 46.0 Å². The Morgan fingerprint density at radius 3 is 2.05 bits per heavy atom. The number of carbonyl (C=O) groups excluding carboxylic acids is 1. The monoisotopic (exact) mass is 279 g/mol. The van der Waals surface area contributed by atoms with Gasteiger partial charge in [-0.1, -0.05) is 0 Å². The average molecular weight is 279 g/mol. The number of rotatable bonds is 3. The number of amides is 1. The zero-order chi connectivity index (χ0) is 14.4. The van der Waals surface area contributed by atoms with E-state index in [9.17, 15) is 25.0 Å². The number of nitro groups is 2. The Kier molecular flexibility index (Phi) is 2.64. The number of fused-ring (bicyclic) bond motifs is 1. The molecule has 0 bridgehead atoms. The Morgan fingerprint density at radius 1 is 1.10 bits per heavy atom. The zero-order valence-corrected chi connectivity index (χ0v) is 10.1. The van der Waals surface area contributed by atoms with Gasteiger partial charge in [0.05, 0.1) is 46.8 Å². The molecule has 1 aromatic rings. The lowest BCUT2D eigenvalue weighted by Crippen LogP contribution is -2.20. The van der Waals surface area contributed by atoms with Crippen molar-refractivity contribution >= 4 is 17.3 Å². The predicted octanol–water partition coefficient (Wildman–Crippen LogP) is 0.726. The van der Waals surface area contributed by atoms with Crippen LogP contribution in [-0.2, 0) is 4.74 Å². The van der Waals surface area contributed by atoms with Gasteiger partial charge in [-0.15, -0.1) is 0 Å². The molecule has 3 rings (SSSR count). The molecule has 2 atom stereocenters. The normalized spacial score (nSPS) is 23.3. The highest BCUT2D eigenvalue weighted by atomic mass is 16.6. The number of nitrogens with zero attached hydrogens (tertiary/aromatic N) is 3. The van der Waals surface area contributed by atoms with Crippen LogP contribution < -0.4 is 0 Å². The van der Waals surface area contributed by atoms with Crippen molar-refractivity contribution in [1.82, 2.24) is 4.90 Å². The highest BCUT2D eigenvalue weighted by molar-refractivity contribution is 5.97. The second-order valence-electron chi connectivity index (χ2n) is 4.64. The number of hydrogen-bond donors (Lipinski definition) is 0. The fourth-order valence-electron chi connectivity index (χ4n) is 2.41. The molecule has 2 aliphatic rings. The van der Waals surface area contributed by atoms with Crippen LogP contribution >= 0.6 is 0 Å². The van der Waals surface area contributed by atoms with Crippen molar-refractivity contribution in [3.8, 4) is 0 Å². The maximum absolute atomic E-state index is 12.2. The first kappa shape index (κ1) is 12.5. The first-order valence-corrected chi connectivity index (χ1v) is 5.83. The van der Waals surface area contributed by atoms with Crippen molar-refractivity contribution in [3.63, 3.8) is 0 Å². The summed E-state index contributed by atoms with van der Waals surface area (Å²) in [7, 11) is 0. The summed E-state index contributed by atoms with van der Waals surface area (Å²) < 4.78 is 5.14. The van der Waals surface area contributed by atoms with E-state index in [4.69, 9.17) is 4.74 Å². The van der Waals surface area contributed by atoms with Crippen LogP contribution in [0.1, 0.15) is 10.4 Å². The molecule has 9 heteroatoms. The van der Waals surface area contributed by atoms with Crippen molar-refractivity contribution in [1.29, 1.82) is 0 Å². The Morgan fingerprint density at radius 2 is 1.60 bits per heavy atom. The Balaban J connectivity index is 1.94. The highest BCUT2D eigenvalue weighted by Gasteiger charge is 2.55. The highest BCUT2D eigenvalue weighted by Crippen LogP contribution is 2.36. The third-order valence-corrected chi connectivity index (χ3v) is 3.45. The number of morpholine rings is 1. The molecule has 0 N–H and O–H groups in total. The first-order chi connectivity index (χ1) is 9.49. The predicted molar refractivity (Wildman–Crippen MR) is 64.3 cm³/mol. The van der Waals surface area contributed by atoms with E-state index in [0.717, 1.165) is 18.2 Å². The third kappa shape index (κ3) is 1.88. The maximum atomic E-state index is 12.2. The molecule has 0 unspecified atom stereocenters. The van der Waals surface area contributed by atoms with Gasteiger partial charge in [-0.2, -0.15) is 0 Å². The summed E-state index contributed by atoms with van der Waals surface area (Å²) in [6.45, 7) is 0.876. The van der Waals surface area contributed by atoms with E-state index in [2.05, 4.69) is 0 Å². The topological polar surface area (TPSA) is 116 Å². The molecule has 0 aromatic heterocycles. The van der Waals surface area contributed by atoms with E-state index in [1.54, 1.807) is 0 Å². The molecule has 1 amide bonds.